The monoisotopic (exact) mass is 272 g/mol. The molecule has 0 amide bonds. The highest BCUT2D eigenvalue weighted by Gasteiger charge is 2.34. The summed E-state index contributed by atoms with van der Waals surface area (Å²) in [7, 11) is 0. The first-order chi connectivity index (χ1) is 9.39. The van der Waals surface area contributed by atoms with Crippen LogP contribution in [0.2, 0.25) is 0 Å². The van der Waals surface area contributed by atoms with E-state index in [1.54, 1.807) is 44.2 Å². The summed E-state index contributed by atoms with van der Waals surface area (Å²) < 4.78 is 1.25. The Morgan fingerprint density at radius 1 is 1.40 bits per heavy atom. The van der Waals surface area contributed by atoms with Crippen molar-refractivity contribution in [3.63, 3.8) is 0 Å². The van der Waals surface area contributed by atoms with Crippen molar-refractivity contribution in [1.82, 2.24) is 9.78 Å². The van der Waals surface area contributed by atoms with E-state index in [1.807, 2.05) is 0 Å². The van der Waals surface area contributed by atoms with Crippen LogP contribution in [0.4, 0.5) is 0 Å². The summed E-state index contributed by atoms with van der Waals surface area (Å²) in [6, 6.07) is 6.92. The van der Waals surface area contributed by atoms with Crippen molar-refractivity contribution in [2.24, 2.45) is 0 Å². The fourth-order valence-electron chi connectivity index (χ4n) is 2.04. The van der Waals surface area contributed by atoms with Gasteiger partial charge in [-0.2, -0.15) is 5.10 Å². The molecule has 0 saturated carbocycles. The number of hydrogen-bond acceptors (Lipinski definition) is 3. The van der Waals surface area contributed by atoms with Crippen molar-refractivity contribution >= 4 is 16.7 Å². The number of allylic oxidation sites excluding steroid dienone is 1. The summed E-state index contributed by atoms with van der Waals surface area (Å²) >= 11 is 0. The smallest absolute Gasteiger partial charge is 0.315 e. The number of carboxylic acids is 1. The Morgan fingerprint density at radius 3 is 2.55 bits per heavy atom. The summed E-state index contributed by atoms with van der Waals surface area (Å²) in [6.07, 6.45) is 1.56. The molecular weight excluding hydrogens is 256 g/mol. The number of nitrogens with zero attached hydrogens (tertiary/aromatic N) is 2. The zero-order chi connectivity index (χ0) is 14.9. The van der Waals surface area contributed by atoms with Crippen molar-refractivity contribution in [2.45, 2.75) is 25.8 Å². The lowest BCUT2D eigenvalue weighted by molar-refractivity contribution is -0.142. The average Bonchev–Trinajstić information content (AvgIpc) is 2.42. The molecule has 1 aromatic heterocycles. The predicted molar refractivity (Wildman–Crippen MR) is 76.9 cm³/mol. The van der Waals surface area contributed by atoms with Crippen LogP contribution in [0.3, 0.4) is 0 Å². The molecule has 0 aliphatic heterocycles. The van der Waals surface area contributed by atoms with Gasteiger partial charge in [-0.15, -0.1) is 6.58 Å². The molecule has 1 N–H and O–H groups in total. The van der Waals surface area contributed by atoms with Gasteiger partial charge in [0, 0.05) is 5.39 Å². The molecule has 1 heterocycles. The molecule has 2 rings (SSSR count). The second-order valence-electron chi connectivity index (χ2n) is 5.10. The molecule has 104 valence electrons. The SMILES string of the molecule is C=CCn1nc(C(C)(C)C(=O)O)c2ccccc2c1=O. The molecule has 5 heteroatoms. The van der Waals surface area contributed by atoms with Crippen LogP contribution in [0.15, 0.2) is 41.7 Å². The van der Waals surface area contributed by atoms with E-state index in [1.165, 1.54) is 4.68 Å². The van der Waals surface area contributed by atoms with E-state index in [9.17, 15) is 14.7 Å². The zero-order valence-corrected chi connectivity index (χ0v) is 11.5. The molecular formula is C15H16N2O3. The molecule has 0 fully saturated rings. The normalized spacial score (nSPS) is 11.5. The number of fused-ring (bicyclic) bond motifs is 1. The summed E-state index contributed by atoms with van der Waals surface area (Å²) in [5.74, 6) is -0.987. The maximum absolute atomic E-state index is 12.3. The van der Waals surface area contributed by atoms with Gasteiger partial charge in [0.25, 0.3) is 5.56 Å². The largest absolute Gasteiger partial charge is 0.481 e. The predicted octanol–water partition coefficient (Wildman–Crippen LogP) is 1.94. The highest BCUT2D eigenvalue weighted by molar-refractivity contribution is 5.90. The van der Waals surface area contributed by atoms with E-state index in [4.69, 9.17) is 0 Å². The van der Waals surface area contributed by atoms with Crippen LogP contribution in [0.25, 0.3) is 10.8 Å². The molecule has 2 aromatic rings. The molecule has 0 atom stereocenters. The van der Waals surface area contributed by atoms with Gasteiger partial charge in [0.05, 0.1) is 17.6 Å². The summed E-state index contributed by atoms with van der Waals surface area (Å²) in [6.45, 7) is 6.98. The fraction of sp³-hybridized carbons (Fsp3) is 0.267. The molecule has 0 spiro atoms. The summed E-state index contributed by atoms with van der Waals surface area (Å²) in [5.41, 5.74) is -1.05. The van der Waals surface area contributed by atoms with E-state index in [0.717, 1.165) is 0 Å². The van der Waals surface area contributed by atoms with Crippen molar-refractivity contribution in [1.29, 1.82) is 0 Å². The third kappa shape index (κ3) is 2.11. The molecule has 1 aromatic carbocycles. The maximum Gasteiger partial charge on any atom is 0.315 e. The van der Waals surface area contributed by atoms with Crippen LogP contribution in [0.5, 0.6) is 0 Å². The van der Waals surface area contributed by atoms with E-state index >= 15 is 0 Å². The Morgan fingerprint density at radius 2 is 2.00 bits per heavy atom. The Bertz CT molecular complexity index is 744. The van der Waals surface area contributed by atoms with Crippen LogP contribution < -0.4 is 5.56 Å². The summed E-state index contributed by atoms with van der Waals surface area (Å²) in [5, 5.41) is 14.7. The fourth-order valence-corrected chi connectivity index (χ4v) is 2.04. The maximum atomic E-state index is 12.3. The third-order valence-electron chi connectivity index (χ3n) is 3.30. The summed E-state index contributed by atoms with van der Waals surface area (Å²) in [4.78, 5) is 23.7. The molecule has 0 bridgehead atoms. The minimum absolute atomic E-state index is 0.242. The number of carbonyl (C=O) groups is 1. The standard InChI is InChI=1S/C15H16N2O3/c1-4-9-17-13(18)11-8-6-5-7-10(11)12(16-17)15(2,3)14(19)20/h4-8H,1,9H2,2-3H3,(H,19,20). The molecule has 0 radical (unpaired) electrons. The molecule has 0 aliphatic carbocycles. The third-order valence-corrected chi connectivity index (χ3v) is 3.30. The number of rotatable bonds is 4. The number of aromatic nitrogens is 2. The molecule has 0 unspecified atom stereocenters. The highest BCUT2D eigenvalue weighted by atomic mass is 16.4. The minimum Gasteiger partial charge on any atom is -0.481 e. The molecule has 20 heavy (non-hydrogen) atoms. The Labute approximate surface area is 116 Å². The van der Waals surface area contributed by atoms with Gasteiger partial charge < -0.3 is 5.11 Å². The second-order valence-corrected chi connectivity index (χ2v) is 5.10. The van der Waals surface area contributed by atoms with Gasteiger partial charge >= 0.3 is 5.97 Å². The first-order valence-corrected chi connectivity index (χ1v) is 6.24. The molecule has 0 aliphatic rings. The Hall–Kier alpha value is -2.43. The van der Waals surface area contributed by atoms with Crippen LogP contribution in [0, 0.1) is 0 Å². The average molecular weight is 272 g/mol. The molecule has 0 saturated heterocycles. The lowest BCUT2D eigenvalue weighted by Crippen LogP contribution is -2.34. The topological polar surface area (TPSA) is 72.2 Å². The number of hydrogen-bond donors (Lipinski definition) is 1. The zero-order valence-electron chi connectivity index (χ0n) is 11.5. The van der Waals surface area contributed by atoms with Crippen molar-refractivity contribution < 1.29 is 9.90 Å². The highest BCUT2D eigenvalue weighted by Crippen LogP contribution is 2.27. The van der Waals surface area contributed by atoms with Crippen LogP contribution >= 0.6 is 0 Å². The van der Waals surface area contributed by atoms with Crippen molar-refractivity contribution in [3.05, 3.63) is 53.0 Å². The van der Waals surface area contributed by atoms with Gasteiger partial charge in [0.1, 0.15) is 5.41 Å². The van der Waals surface area contributed by atoms with Crippen LogP contribution in [-0.2, 0) is 16.8 Å². The van der Waals surface area contributed by atoms with Gasteiger partial charge in [0.2, 0.25) is 0 Å². The van der Waals surface area contributed by atoms with E-state index in [-0.39, 0.29) is 12.1 Å². The Kier molecular flexibility index (Phi) is 3.44. The van der Waals surface area contributed by atoms with E-state index in [0.29, 0.717) is 16.5 Å². The number of carboxylic acid groups (broad SMARTS) is 1. The minimum atomic E-state index is -1.18. The van der Waals surface area contributed by atoms with Gasteiger partial charge in [-0.3, -0.25) is 9.59 Å². The van der Waals surface area contributed by atoms with Gasteiger partial charge in [-0.05, 0) is 19.9 Å². The number of benzene rings is 1. The van der Waals surface area contributed by atoms with Crippen LogP contribution in [-0.4, -0.2) is 20.9 Å². The van der Waals surface area contributed by atoms with Crippen LogP contribution in [0.1, 0.15) is 19.5 Å². The van der Waals surface area contributed by atoms with Crippen molar-refractivity contribution in [3.8, 4) is 0 Å². The van der Waals surface area contributed by atoms with Gasteiger partial charge in [-0.1, -0.05) is 24.3 Å². The second kappa shape index (κ2) is 4.92. The first kappa shape index (κ1) is 14.0. The Balaban J connectivity index is 2.90. The van der Waals surface area contributed by atoms with Crippen molar-refractivity contribution in [2.75, 3.05) is 0 Å². The lowest BCUT2D eigenvalue weighted by atomic mass is 9.86. The number of aliphatic carboxylic acids is 1. The quantitative estimate of drug-likeness (QED) is 0.863. The molecule has 5 nitrogen and oxygen atoms in total. The first-order valence-electron chi connectivity index (χ1n) is 6.24. The van der Waals surface area contributed by atoms with Gasteiger partial charge in [0.15, 0.2) is 0 Å². The van der Waals surface area contributed by atoms with E-state index in [2.05, 4.69) is 11.7 Å². The lowest BCUT2D eigenvalue weighted by Gasteiger charge is -2.21. The van der Waals surface area contributed by atoms with E-state index < -0.39 is 11.4 Å². The van der Waals surface area contributed by atoms with Gasteiger partial charge in [-0.25, -0.2) is 4.68 Å².